The molecule has 2 aromatic rings. The van der Waals surface area contributed by atoms with E-state index >= 15 is 0 Å². The topological polar surface area (TPSA) is 177 Å². The van der Waals surface area contributed by atoms with Crippen molar-refractivity contribution in [3.63, 3.8) is 0 Å². The summed E-state index contributed by atoms with van der Waals surface area (Å²) in [6.07, 6.45) is 2.35. The number of non-ortho nitro benzene ring substituents is 1. The van der Waals surface area contributed by atoms with Gasteiger partial charge >= 0.3 is 11.8 Å². The normalized spacial score (nSPS) is 20.1. The average molecular weight is 721 g/mol. The molecule has 3 rings (SSSR count). The highest BCUT2D eigenvalue weighted by Crippen LogP contribution is 2.35. The lowest BCUT2D eigenvalue weighted by molar-refractivity contribution is -0.387. The number of carbonyl (C=O) groups is 1. The molecule has 15 heteroatoms. The Balaban J connectivity index is 1.84. The molecule has 0 radical (unpaired) electrons. The van der Waals surface area contributed by atoms with Crippen LogP contribution in [0.2, 0.25) is 0 Å². The van der Waals surface area contributed by atoms with Crippen LogP contribution in [0.3, 0.4) is 0 Å². The maximum absolute atomic E-state index is 12.3. The molecule has 2 aromatic carbocycles. The predicted octanol–water partition coefficient (Wildman–Crippen LogP) is 7.69. The number of unbranched alkanes of at least 4 members (excludes halogenated alkanes) is 4. The van der Waals surface area contributed by atoms with Gasteiger partial charge in [-0.15, -0.1) is 0 Å². The van der Waals surface area contributed by atoms with Crippen LogP contribution >= 0.6 is 0 Å². The standard InChI is InChI=1S/C36H52N2O13/c1-5-9-19-44-25-31-32(45-20-10-6-2)33(46-21-11-7-3)34(47-22-12-8-4)35(51-31)50-30-18-13-26(23-29(30)38(42)43)24-48-36(39)49-28-16-14-27(15-17-28)37(40)41/h13-18,23,31-35H,5-12,19-22,24-25H2,1-4H3/t31?,32-,33?,34-,35+/m0/s1. The highest BCUT2D eigenvalue weighted by atomic mass is 16.7. The Morgan fingerprint density at radius 2 is 1.33 bits per heavy atom. The van der Waals surface area contributed by atoms with Gasteiger partial charge in [-0.1, -0.05) is 59.4 Å². The molecule has 1 aliphatic heterocycles. The summed E-state index contributed by atoms with van der Waals surface area (Å²) in [6, 6.07) is 9.04. The summed E-state index contributed by atoms with van der Waals surface area (Å²) < 4.78 is 48.2. The van der Waals surface area contributed by atoms with Gasteiger partial charge in [0, 0.05) is 44.6 Å². The fraction of sp³-hybridized carbons (Fsp3) is 0.639. The average Bonchev–Trinajstić information content (AvgIpc) is 3.11. The first-order valence-electron chi connectivity index (χ1n) is 17.8. The smallest absolute Gasteiger partial charge is 0.455 e. The van der Waals surface area contributed by atoms with E-state index in [9.17, 15) is 25.0 Å². The Morgan fingerprint density at radius 3 is 1.92 bits per heavy atom. The second kappa shape index (κ2) is 22.8. The van der Waals surface area contributed by atoms with E-state index in [4.69, 9.17) is 37.9 Å². The Morgan fingerprint density at radius 1 is 0.745 bits per heavy atom. The van der Waals surface area contributed by atoms with Crippen molar-refractivity contribution in [3.8, 4) is 11.5 Å². The Kier molecular flexibility index (Phi) is 18.6. The van der Waals surface area contributed by atoms with Gasteiger partial charge in [0.05, 0.1) is 16.5 Å². The lowest BCUT2D eigenvalue weighted by Crippen LogP contribution is -2.63. The van der Waals surface area contributed by atoms with Crippen molar-refractivity contribution < 1.29 is 52.5 Å². The van der Waals surface area contributed by atoms with Crippen molar-refractivity contribution in [3.05, 3.63) is 68.3 Å². The molecule has 15 nitrogen and oxygen atoms in total. The molecular formula is C36H52N2O13. The van der Waals surface area contributed by atoms with E-state index in [1.165, 1.54) is 42.5 Å². The van der Waals surface area contributed by atoms with E-state index in [2.05, 4.69) is 20.8 Å². The highest BCUT2D eigenvalue weighted by molar-refractivity contribution is 5.64. The second-order valence-corrected chi connectivity index (χ2v) is 12.1. The molecule has 2 unspecified atom stereocenters. The fourth-order valence-electron chi connectivity index (χ4n) is 5.14. The van der Waals surface area contributed by atoms with Crippen molar-refractivity contribution in [2.75, 3.05) is 33.0 Å². The number of nitrogens with zero attached hydrogens (tertiary/aromatic N) is 2. The predicted molar refractivity (Wildman–Crippen MR) is 186 cm³/mol. The first-order valence-corrected chi connectivity index (χ1v) is 17.8. The van der Waals surface area contributed by atoms with Crippen LogP contribution in [-0.2, 0) is 35.0 Å². The van der Waals surface area contributed by atoms with Gasteiger partial charge in [-0.05, 0) is 49.4 Å². The second-order valence-electron chi connectivity index (χ2n) is 12.1. The van der Waals surface area contributed by atoms with Crippen LogP contribution < -0.4 is 9.47 Å². The quantitative estimate of drug-likeness (QED) is 0.0339. The van der Waals surface area contributed by atoms with Gasteiger partial charge in [0.25, 0.3) is 5.69 Å². The van der Waals surface area contributed by atoms with Crippen LogP contribution in [0.5, 0.6) is 11.5 Å². The van der Waals surface area contributed by atoms with E-state index in [1.807, 2.05) is 6.92 Å². The van der Waals surface area contributed by atoms with Gasteiger partial charge in [0.2, 0.25) is 6.29 Å². The number of hydrogen-bond donors (Lipinski definition) is 0. The molecule has 0 N–H and O–H groups in total. The van der Waals surface area contributed by atoms with E-state index in [0.29, 0.717) is 32.0 Å². The van der Waals surface area contributed by atoms with E-state index in [0.717, 1.165) is 51.4 Å². The third-order valence-electron chi connectivity index (χ3n) is 8.01. The summed E-state index contributed by atoms with van der Waals surface area (Å²) in [4.78, 5) is 34.2. The molecule has 0 bridgehead atoms. The molecule has 0 spiro atoms. The van der Waals surface area contributed by atoms with Crippen molar-refractivity contribution in [1.29, 1.82) is 0 Å². The van der Waals surface area contributed by atoms with Gasteiger partial charge in [-0.2, -0.15) is 0 Å². The third kappa shape index (κ3) is 13.6. The molecule has 5 atom stereocenters. The van der Waals surface area contributed by atoms with Gasteiger partial charge in [0.1, 0.15) is 36.8 Å². The number of hydrogen-bond acceptors (Lipinski definition) is 13. The minimum atomic E-state index is -1.10. The molecular weight excluding hydrogens is 668 g/mol. The van der Waals surface area contributed by atoms with E-state index in [1.54, 1.807) is 0 Å². The van der Waals surface area contributed by atoms with Crippen LogP contribution in [0.4, 0.5) is 16.2 Å². The maximum atomic E-state index is 12.3. The lowest BCUT2D eigenvalue weighted by Gasteiger charge is -2.45. The summed E-state index contributed by atoms with van der Waals surface area (Å²) >= 11 is 0. The summed E-state index contributed by atoms with van der Waals surface area (Å²) in [5.41, 5.74) is -0.253. The van der Waals surface area contributed by atoms with Crippen molar-refractivity contribution in [2.45, 2.75) is 116 Å². The van der Waals surface area contributed by atoms with Crippen LogP contribution in [0.15, 0.2) is 42.5 Å². The van der Waals surface area contributed by atoms with Crippen LogP contribution in [0, 0.1) is 20.2 Å². The number of benzene rings is 2. The van der Waals surface area contributed by atoms with Gasteiger partial charge in [-0.25, -0.2) is 4.79 Å². The van der Waals surface area contributed by atoms with Crippen LogP contribution in [0.1, 0.15) is 84.6 Å². The van der Waals surface area contributed by atoms with E-state index < -0.39 is 46.7 Å². The number of carbonyl (C=O) groups excluding carboxylic acids is 1. The fourth-order valence-corrected chi connectivity index (χ4v) is 5.14. The SMILES string of the molecule is CCCCOCC1O[C@@H](Oc2ccc(COC(=O)Oc3ccc([N+](=O)[O-])cc3)cc2[N+](=O)[O-])[C@@H](OCCCC)C(OCCCC)[C@H]1OCCCC. The molecule has 1 heterocycles. The van der Waals surface area contributed by atoms with Crippen LogP contribution in [-0.4, -0.2) is 79.7 Å². The molecule has 1 saturated heterocycles. The van der Waals surface area contributed by atoms with Crippen molar-refractivity contribution in [1.82, 2.24) is 0 Å². The van der Waals surface area contributed by atoms with E-state index in [-0.39, 0.29) is 36.1 Å². The van der Waals surface area contributed by atoms with Gasteiger partial charge < -0.3 is 37.9 Å². The lowest BCUT2D eigenvalue weighted by atomic mass is 9.98. The largest absolute Gasteiger partial charge is 0.514 e. The molecule has 0 aromatic heterocycles. The number of ether oxygens (including phenoxy) is 8. The van der Waals surface area contributed by atoms with Crippen molar-refractivity contribution >= 4 is 17.5 Å². The Bertz CT molecular complexity index is 1340. The molecule has 0 amide bonds. The number of rotatable bonds is 24. The zero-order valence-corrected chi connectivity index (χ0v) is 30.0. The summed E-state index contributed by atoms with van der Waals surface area (Å²) in [5.74, 6) is -0.0397. The summed E-state index contributed by atoms with van der Waals surface area (Å²) in [7, 11) is 0. The molecule has 0 aliphatic carbocycles. The first kappa shape index (κ1) is 41.5. The molecule has 0 saturated carbocycles. The highest BCUT2D eigenvalue weighted by Gasteiger charge is 2.50. The molecule has 51 heavy (non-hydrogen) atoms. The number of nitro benzene ring substituents is 2. The minimum Gasteiger partial charge on any atom is -0.455 e. The van der Waals surface area contributed by atoms with Gasteiger partial charge in [-0.3, -0.25) is 20.2 Å². The molecule has 284 valence electrons. The zero-order valence-electron chi connectivity index (χ0n) is 30.0. The summed E-state index contributed by atoms with van der Waals surface area (Å²) in [6.45, 7) is 10.0. The minimum absolute atomic E-state index is 0.0348. The van der Waals surface area contributed by atoms with Gasteiger partial charge in [0.15, 0.2) is 5.75 Å². The van der Waals surface area contributed by atoms with Crippen LogP contribution in [0.25, 0.3) is 0 Å². The molecule has 1 aliphatic rings. The zero-order chi connectivity index (χ0) is 37.0. The Labute approximate surface area is 299 Å². The first-order chi connectivity index (χ1) is 24.7. The third-order valence-corrected chi connectivity index (χ3v) is 8.01. The Hall–Kier alpha value is -3.89. The monoisotopic (exact) mass is 720 g/mol. The van der Waals surface area contributed by atoms with Crippen molar-refractivity contribution in [2.24, 2.45) is 0 Å². The summed E-state index contributed by atoms with van der Waals surface area (Å²) in [5, 5.41) is 23.1. The molecule has 1 fully saturated rings. The maximum Gasteiger partial charge on any atom is 0.514 e. The number of nitro groups is 2.